The molecule has 1 amide bonds. The van der Waals surface area contributed by atoms with Gasteiger partial charge in [-0.1, -0.05) is 17.7 Å². The van der Waals surface area contributed by atoms with Gasteiger partial charge in [-0.3, -0.25) is 14.6 Å². The van der Waals surface area contributed by atoms with Crippen LogP contribution in [0.25, 0.3) is 5.76 Å². The molecule has 1 fully saturated rings. The smallest absolute Gasteiger partial charge is 0.295 e. The summed E-state index contributed by atoms with van der Waals surface area (Å²) in [5.41, 5.74) is 1.19. The van der Waals surface area contributed by atoms with E-state index in [-0.39, 0.29) is 11.3 Å². The lowest BCUT2D eigenvalue weighted by molar-refractivity contribution is -0.139. The molecule has 1 N–H and O–H groups in total. The summed E-state index contributed by atoms with van der Waals surface area (Å²) in [5.74, 6) is -1.51. The molecule has 3 rings (SSSR count). The second kappa shape index (κ2) is 8.54. The maximum absolute atomic E-state index is 12.8. The quantitative estimate of drug-likeness (QED) is 0.459. The lowest BCUT2D eigenvalue weighted by Gasteiger charge is -2.25. The van der Waals surface area contributed by atoms with Gasteiger partial charge in [0, 0.05) is 29.5 Å². The minimum atomic E-state index is -0.689. The minimum absolute atomic E-state index is 0.0742. The summed E-state index contributed by atoms with van der Waals surface area (Å²) >= 11 is 5.92. The van der Waals surface area contributed by atoms with Gasteiger partial charge in [0.25, 0.3) is 11.7 Å². The number of likely N-dealkylation sites (tertiary alicyclic amines) is 1. The Morgan fingerprint density at radius 3 is 2.54 bits per heavy atom. The van der Waals surface area contributed by atoms with Crippen molar-refractivity contribution in [3.8, 4) is 0 Å². The van der Waals surface area contributed by atoms with Crippen LogP contribution in [0, 0.1) is 0 Å². The Morgan fingerprint density at radius 1 is 1.21 bits per heavy atom. The number of carbonyl (C=O) groups is 2. The first-order valence-corrected chi connectivity index (χ1v) is 9.37. The van der Waals surface area contributed by atoms with Crippen molar-refractivity contribution in [3.05, 3.63) is 70.5 Å². The van der Waals surface area contributed by atoms with Crippen molar-refractivity contribution in [2.45, 2.75) is 12.5 Å². The van der Waals surface area contributed by atoms with Gasteiger partial charge in [0.05, 0.1) is 11.6 Å². The van der Waals surface area contributed by atoms with Crippen LogP contribution >= 0.6 is 11.6 Å². The highest BCUT2D eigenvalue weighted by molar-refractivity contribution is 6.46. The van der Waals surface area contributed by atoms with Gasteiger partial charge in [-0.15, -0.1) is 0 Å². The van der Waals surface area contributed by atoms with Gasteiger partial charge < -0.3 is 14.9 Å². The monoisotopic (exact) mass is 399 g/mol. The highest BCUT2D eigenvalue weighted by atomic mass is 35.5. The summed E-state index contributed by atoms with van der Waals surface area (Å²) < 4.78 is 0. The molecule has 146 valence electrons. The standard InChI is InChI=1S/C21H22ClN3O3/c1-24(2)11-4-12-25-18(15-5-3-10-23-13-15)17(20(27)21(25)28)19(26)14-6-8-16(22)9-7-14/h3,5-10,13,18,26H,4,11-12H2,1-2H3/b19-17+/t18-/m1/s1. The number of aromatic nitrogens is 1. The van der Waals surface area contributed by atoms with Crippen LogP contribution in [0.15, 0.2) is 54.4 Å². The number of aliphatic hydroxyl groups excluding tert-OH is 1. The number of halogens is 1. The molecule has 0 spiro atoms. The number of hydrogen-bond donors (Lipinski definition) is 1. The van der Waals surface area contributed by atoms with Gasteiger partial charge in [0.2, 0.25) is 0 Å². The van der Waals surface area contributed by atoms with Crippen molar-refractivity contribution in [2.75, 3.05) is 27.2 Å². The van der Waals surface area contributed by atoms with Crippen molar-refractivity contribution in [1.29, 1.82) is 0 Å². The Kier molecular flexibility index (Phi) is 6.11. The van der Waals surface area contributed by atoms with E-state index in [1.54, 1.807) is 48.8 Å². The molecule has 1 atom stereocenters. The van der Waals surface area contributed by atoms with Crippen LogP contribution in [0.2, 0.25) is 5.02 Å². The maximum Gasteiger partial charge on any atom is 0.295 e. The van der Waals surface area contributed by atoms with Gasteiger partial charge in [0.1, 0.15) is 5.76 Å². The zero-order valence-corrected chi connectivity index (χ0v) is 16.6. The molecule has 0 bridgehead atoms. The van der Waals surface area contributed by atoms with Gasteiger partial charge in [0.15, 0.2) is 0 Å². The molecule has 6 nitrogen and oxygen atoms in total. The van der Waals surface area contributed by atoms with E-state index >= 15 is 0 Å². The second-order valence-corrected chi connectivity index (χ2v) is 7.38. The number of benzene rings is 1. The Morgan fingerprint density at radius 2 is 1.93 bits per heavy atom. The van der Waals surface area contributed by atoms with E-state index in [2.05, 4.69) is 4.98 Å². The van der Waals surface area contributed by atoms with Crippen molar-refractivity contribution >= 4 is 29.1 Å². The molecule has 1 saturated heterocycles. The van der Waals surface area contributed by atoms with Crippen LogP contribution in [0.4, 0.5) is 0 Å². The molecule has 0 radical (unpaired) electrons. The van der Waals surface area contributed by atoms with Crippen LogP contribution in [-0.4, -0.2) is 58.8 Å². The summed E-state index contributed by atoms with van der Waals surface area (Å²) in [6, 6.07) is 9.38. The van der Waals surface area contributed by atoms with Crippen molar-refractivity contribution in [3.63, 3.8) is 0 Å². The van der Waals surface area contributed by atoms with Crippen LogP contribution in [0.1, 0.15) is 23.6 Å². The number of pyridine rings is 1. The van der Waals surface area contributed by atoms with E-state index in [0.717, 1.165) is 6.54 Å². The third-order valence-electron chi connectivity index (χ3n) is 4.66. The van der Waals surface area contributed by atoms with E-state index in [0.29, 0.717) is 29.1 Å². The maximum atomic E-state index is 12.8. The van der Waals surface area contributed by atoms with E-state index < -0.39 is 17.7 Å². The summed E-state index contributed by atoms with van der Waals surface area (Å²) in [6.45, 7) is 1.18. The van der Waals surface area contributed by atoms with Gasteiger partial charge in [-0.25, -0.2) is 0 Å². The highest BCUT2D eigenvalue weighted by Crippen LogP contribution is 2.39. The van der Waals surface area contributed by atoms with Crippen LogP contribution < -0.4 is 0 Å². The fraction of sp³-hybridized carbons (Fsp3) is 0.286. The number of aliphatic hydroxyl groups is 1. The van der Waals surface area contributed by atoms with E-state index in [1.807, 2.05) is 19.0 Å². The van der Waals surface area contributed by atoms with Crippen molar-refractivity contribution in [1.82, 2.24) is 14.8 Å². The fourth-order valence-electron chi connectivity index (χ4n) is 3.32. The first-order chi connectivity index (χ1) is 13.4. The van der Waals surface area contributed by atoms with Crippen LogP contribution in [0.3, 0.4) is 0 Å². The lowest BCUT2D eigenvalue weighted by Crippen LogP contribution is -2.32. The predicted molar refractivity (Wildman–Crippen MR) is 108 cm³/mol. The number of carbonyl (C=O) groups excluding carboxylic acids is 2. The van der Waals surface area contributed by atoms with Gasteiger partial charge in [-0.05, 0) is 63.0 Å². The molecule has 2 aromatic rings. The highest BCUT2D eigenvalue weighted by Gasteiger charge is 2.45. The molecule has 0 aliphatic carbocycles. The van der Waals surface area contributed by atoms with Crippen LogP contribution in [0.5, 0.6) is 0 Å². The number of hydrogen-bond acceptors (Lipinski definition) is 5. The molecule has 1 aromatic carbocycles. The molecular weight excluding hydrogens is 378 g/mol. The molecule has 2 heterocycles. The number of rotatable bonds is 6. The fourth-order valence-corrected chi connectivity index (χ4v) is 3.44. The summed E-state index contributed by atoms with van der Waals surface area (Å²) in [7, 11) is 3.90. The van der Waals surface area contributed by atoms with Gasteiger partial charge >= 0.3 is 0 Å². The normalized spacial score (nSPS) is 18.9. The number of amides is 1. The number of nitrogens with zero attached hydrogens (tertiary/aromatic N) is 3. The largest absolute Gasteiger partial charge is 0.507 e. The first-order valence-electron chi connectivity index (χ1n) is 8.99. The molecular formula is C21H22ClN3O3. The number of ketones is 1. The Bertz CT molecular complexity index is 895. The van der Waals surface area contributed by atoms with Crippen molar-refractivity contribution in [2.24, 2.45) is 0 Å². The Balaban J connectivity index is 2.06. The van der Waals surface area contributed by atoms with Crippen molar-refractivity contribution < 1.29 is 14.7 Å². The average Bonchev–Trinajstić information content (AvgIpc) is 2.93. The molecule has 1 aliphatic rings. The summed E-state index contributed by atoms with van der Waals surface area (Å²) in [4.78, 5) is 33.2. The second-order valence-electron chi connectivity index (χ2n) is 6.94. The van der Waals surface area contributed by atoms with E-state index in [1.165, 1.54) is 4.90 Å². The van der Waals surface area contributed by atoms with E-state index in [9.17, 15) is 14.7 Å². The molecule has 7 heteroatoms. The zero-order chi connectivity index (χ0) is 20.3. The SMILES string of the molecule is CN(C)CCCN1C(=O)C(=O)/C(=C(/O)c2ccc(Cl)cc2)[C@H]1c1cccnc1. The summed E-state index contributed by atoms with van der Waals surface area (Å²) in [6.07, 6.45) is 3.95. The lowest BCUT2D eigenvalue weighted by atomic mass is 9.96. The third-order valence-corrected chi connectivity index (χ3v) is 4.91. The average molecular weight is 400 g/mol. The summed E-state index contributed by atoms with van der Waals surface area (Å²) in [5, 5.41) is 11.4. The van der Waals surface area contributed by atoms with Gasteiger partial charge in [-0.2, -0.15) is 0 Å². The zero-order valence-electron chi connectivity index (χ0n) is 15.8. The first kappa shape index (κ1) is 20.0. The molecule has 28 heavy (non-hydrogen) atoms. The Hall–Kier alpha value is -2.70. The topological polar surface area (TPSA) is 73.7 Å². The molecule has 1 aliphatic heterocycles. The third kappa shape index (κ3) is 4.08. The van der Waals surface area contributed by atoms with Crippen LogP contribution in [-0.2, 0) is 9.59 Å². The number of Topliss-reactive ketones (excluding diaryl/α,β-unsaturated/α-hetero) is 1. The predicted octanol–water partition coefficient (Wildman–Crippen LogP) is 3.11. The van der Waals surface area contributed by atoms with E-state index in [4.69, 9.17) is 11.6 Å². The molecule has 0 unspecified atom stereocenters. The molecule has 1 aromatic heterocycles. The Labute approximate surface area is 169 Å². The minimum Gasteiger partial charge on any atom is -0.507 e. The molecule has 0 saturated carbocycles.